The molecule has 14 nitrogen and oxygen atoms in total. The SMILES string of the molecule is CCC(C)C1OC(=O)C(C)OC(=O)C(NC(=O)O)C(C)OC(=O)C(CC(C)C)OC(=O)C(C)(C)C(=O)C(CC(C)C)NC1=O. The molecule has 1 heterocycles. The van der Waals surface area contributed by atoms with Gasteiger partial charge in [-0.1, -0.05) is 41.5 Å². The van der Waals surface area contributed by atoms with Gasteiger partial charge in [-0.25, -0.2) is 19.2 Å². The standard InChI is InChI=1S/C30H48N2O12/c1-11-16(6)22-24(34)31-19(12-14(2)3)23(33)30(9,10)28(38)43-20(13-15(4)5)26(36)41-17(7)21(32-29(39)40)27(37)42-18(8)25(35)44-22/h14-22,32H,11-13H2,1-10H3,(H,31,34)(H,39,40). The Kier molecular flexibility index (Phi) is 14.3. The molecule has 1 aliphatic rings. The number of nitrogens with one attached hydrogen (secondary N) is 2. The summed E-state index contributed by atoms with van der Waals surface area (Å²) in [6.07, 6.45) is -7.12. The number of cyclic esters (lactones) is 4. The number of rotatable bonds is 7. The molecule has 7 unspecified atom stereocenters. The van der Waals surface area contributed by atoms with Crippen molar-refractivity contribution in [2.24, 2.45) is 23.2 Å². The molecule has 0 bridgehead atoms. The Morgan fingerprint density at radius 3 is 1.93 bits per heavy atom. The maximum atomic E-state index is 13.8. The number of hydrogen-bond acceptors (Lipinski definition) is 11. The van der Waals surface area contributed by atoms with Crippen LogP contribution in [-0.4, -0.2) is 83.3 Å². The van der Waals surface area contributed by atoms with Gasteiger partial charge >= 0.3 is 30.0 Å². The van der Waals surface area contributed by atoms with Crippen molar-refractivity contribution >= 4 is 41.7 Å². The van der Waals surface area contributed by atoms with E-state index in [4.69, 9.17) is 18.9 Å². The van der Waals surface area contributed by atoms with Crippen LogP contribution < -0.4 is 10.6 Å². The summed E-state index contributed by atoms with van der Waals surface area (Å²) in [5.74, 6) is -6.81. The summed E-state index contributed by atoms with van der Waals surface area (Å²) >= 11 is 0. The van der Waals surface area contributed by atoms with E-state index in [1.165, 1.54) is 27.7 Å². The lowest BCUT2D eigenvalue weighted by Gasteiger charge is -2.32. The summed E-state index contributed by atoms with van der Waals surface area (Å²) in [5, 5.41) is 13.8. The van der Waals surface area contributed by atoms with Gasteiger partial charge in [-0.05, 0) is 58.8 Å². The van der Waals surface area contributed by atoms with Crippen molar-refractivity contribution in [3.8, 4) is 0 Å². The van der Waals surface area contributed by atoms with Crippen LogP contribution in [0.15, 0.2) is 0 Å². The predicted octanol–water partition coefficient (Wildman–Crippen LogP) is 2.54. The molecule has 1 saturated heterocycles. The van der Waals surface area contributed by atoms with E-state index in [1.54, 1.807) is 27.7 Å². The molecular weight excluding hydrogens is 580 g/mol. The third kappa shape index (κ3) is 10.8. The van der Waals surface area contributed by atoms with Crippen molar-refractivity contribution in [3.05, 3.63) is 0 Å². The fourth-order valence-electron chi connectivity index (χ4n) is 4.38. The van der Waals surface area contributed by atoms with Gasteiger partial charge in [-0.15, -0.1) is 0 Å². The predicted molar refractivity (Wildman–Crippen MR) is 155 cm³/mol. The van der Waals surface area contributed by atoms with Crippen LogP contribution in [0, 0.1) is 23.2 Å². The molecular formula is C30H48N2O12. The van der Waals surface area contributed by atoms with Gasteiger partial charge in [0.1, 0.15) is 11.5 Å². The number of carboxylic acid groups (broad SMARTS) is 1. The average molecular weight is 629 g/mol. The van der Waals surface area contributed by atoms with Gasteiger partial charge in [-0.3, -0.25) is 14.4 Å². The molecule has 3 N–H and O–H groups in total. The fourth-order valence-corrected chi connectivity index (χ4v) is 4.38. The molecule has 0 saturated carbocycles. The van der Waals surface area contributed by atoms with Crippen molar-refractivity contribution in [1.82, 2.24) is 10.6 Å². The van der Waals surface area contributed by atoms with E-state index < -0.39 is 89.5 Å². The van der Waals surface area contributed by atoms with E-state index in [1.807, 2.05) is 19.2 Å². The molecule has 1 fully saturated rings. The number of esters is 4. The second-order valence-electron chi connectivity index (χ2n) is 12.6. The summed E-state index contributed by atoms with van der Waals surface area (Å²) in [6, 6.07) is -2.97. The number of ether oxygens (including phenoxy) is 4. The molecule has 0 aromatic heterocycles. The molecule has 14 heteroatoms. The highest BCUT2D eigenvalue weighted by molar-refractivity contribution is 6.07. The van der Waals surface area contributed by atoms with Gasteiger partial charge in [0.05, 0.1) is 6.04 Å². The second kappa shape index (κ2) is 16.4. The minimum atomic E-state index is -1.84. The zero-order valence-electron chi connectivity index (χ0n) is 27.3. The number of amides is 2. The van der Waals surface area contributed by atoms with Crippen LogP contribution in [0.1, 0.15) is 88.5 Å². The summed E-state index contributed by atoms with van der Waals surface area (Å²) < 4.78 is 21.5. The second-order valence-corrected chi connectivity index (χ2v) is 12.6. The topological polar surface area (TPSA) is 201 Å². The van der Waals surface area contributed by atoms with E-state index in [0.717, 1.165) is 0 Å². The first-order valence-corrected chi connectivity index (χ1v) is 14.9. The number of ketones is 1. The third-order valence-electron chi connectivity index (χ3n) is 7.26. The first kappa shape index (κ1) is 38.3. The van der Waals surface area contributed by atoms with E-state index in [2.05, 4.69) is 5.32 Å². The lowest BCUT2D eigenvalue weighted by molar-refractivity contribution is -0.183. The van der Waals surface area contributed by atoms with Gasteiger partial charge in [0.25, 0.3) is 5.91 Å². The van der Waals surface area contributed by atoms with Crippen LogP contribution in [0.5, 0.6) is 0 Å². The lowest BCUT2D eigenvalue weighted by atomic mass is 9.81. The Bertz CT molecular complexity index is 1090. The highest BCUT2D eigenvalue weighted by Crippen LogP contribution is 2.27. The van der Waals surface area contributed by atoms with Gasteiger partial charge in [-0.2, -0.15) is 0 Å². The summed E-state index contributed by atoms with van der Waals surface area (Å²) in [7, 11) is 0. The minimum Gasteiger partial charge on any atom is -0.465 e. The molecule has 7 atom stereocenters. The van der Waals surface area contributed by atoms with Crippen molar-refractivity contribution in [2.45, 2.75) is 125 Å². The maximum absolute atomic E-state index is 13.8. The largest absolute Gasteiger partial charge is 0.465 e. The van der Waals surface area contributed by atoms with Crippen LogP contribution in [0.25, 0.3) is 0 Å². The van der Waals surface area contributed by atoms with Crippen LogP contribution in [0.2, 0.25) is 0 Å². The summed E-state index contributed by atoms with van der Waals surface area (Å²) in [6.45, 7) is 15.6. The van der Waals surface area contributed by atoms with Crippen molar-refractivity contribution in [1.29, 1.82) is 0 Å². The minimum absolute atomic E-state index is 0.0192. The molecule has 250 valence electrons. The average Bonchev–Trinajstić information content (AvgIpc) is 2.91. The zero-order chi connectivity index (χ0) is 34.1. The third-order valence-corrected chi connectivity index (χ3v) is 7.26. The Morgan fingerprint density at radius 2 is 1.43 bits per heavy atom. The first-order valence-electron chi connectivity index (χ1n) is 14.9. The maximum Gasteiger partial charge on any atom is 0.405 e. The Morgan fingerprint density at radius 1 is 0.864 bits per heavy atom. The van der Waals surface area contributed by atoms with Gasteiger partial charge in [0, 0.05) is 5.92 Å². The molecule has 1 rings (SSSR count). The highest BCUT2D eigenvalue weighted by atomic mass is 16.6. The lowest BCUT2D eigenvalue weighted by Crippen LogP contribution is -2.55. The van der Waals surface area contributed by atoms with Crippen LogP contribution in [-0.2, 0) is 47.7 Å². The van der Waals surface area contributed by atoms with Gasteiger partial charge < -0.3 is 34.7 Å². The van der Waals surface area contributed by atoms with E-state index in [-0.39, 0.29) is 24.7 Å². The number of Topliss-reactive ketones (excluding diaryl/α,β-unsaturated/α-hetero) is 1. The van der Waals surface area contributed by atoms with Crippen LogP contribution >= 0.6 is 0 Å². The van der Waals surface area contributed by atoms with Crippen molar-refractivity contribution in [2.75, 3.05) is 0 Å². The molecule has 0 aromatic carbocycles. The van der Waals surface area contributed by atoms with Crippen LogP contribution in [0.3, 0.4) is 0 Å². The van der Waals surface area contributed by atoms with Crippen LogP contribution in [0.4, 0.5) is 4.79 Å². The zero-order valence-corrected chi connectivity index (χ0v) is 27.3. The van der Waals surface area contributed by atoms with E-state index >= 15 is 0 Å². The van der Waals surface area contributed by atoms with E-state index in [9.17, 15) is 38.7 Å². The Hall–Kier alpha value is -3.71. The summed E-state index contributed by atoms with van der Waals surface area (Å²) in [5.41, 5.74) is -1.84. The first-order chi connectivity index (χ1) is 20.2. The molecule has 44 heavy (non-hydrogen) atoms. The highest BCUT2D eigenvalue weighted by Gasteiger charge is 2.46. The number of carbonyl (C=O) groups excluding carboxylic acids is 6. The number of hydrogen-bond donors (Lipinski definition) is 3. The quantitative estimate of drug-likeness (QED) is 0.212. The number of carbonyl (C=O) groups is 7. The van der Waals surface area contributed by atoms with Gasteiger partial charge in [0.15, 0.2) is 30.1 Å². The smallest absolute Gasteiger partial charge is 0.405 e. The van der Waals surface area contributed by atoms with E-state index in [0.29, 0.717) is 6.42 Å². The molecule has 1 aliphatic heterocycles. The Balaban J connectivity index is 3.71. The van der Waals surface area contributed by atoms with Crippen molar-refractivity contribution in [3.63, 3.8) is 0 Å². The molecule has 0 spiro atoms. The molecule has 0 radical (unpaired) electrons. The normalized spacial score (nSPS) is 28.5. The van der Waals surface area contributed by atoms with Gasteiger partial charge in [0.2, 0.25) is 0 Å². The summed E-state index contributed by atoms with van der Waals surface area (Å²) in [4.78, 5) is 91.3. The fraction of sp³-hybridized carbons (Fsp3) is 0.767. The Labute approximate surface area is 258 Å². The monoisotopic (exact) mass is 628 g/mol. The van der Waals surface area contributed by atoms with Crippen molar-refractivity contribution < 1.29 is 57.6 Å². The molecule has 2 amide bonds. The molecule has 0 aliphatic carbocycles. The molecule has 0 aromatic rings.